The average Bonchev–Trinajstić information content (AvgIpc) is 2.39. The number of rotatable bonds is 8. The van der Waals surface area contributed by atoms with Crippen LogP contribution < -0.4 is 0 Å². The molecule has 0 spiro atoms. The zero-order chi connectivity index (χ0) is 13.4. The van der Waals surface area contributed by atoms with Crippen LogP contribution in [0.25, 0.3) is 0 Å². The molecule has 100 valence electrons. The van der Waals surface area contributed by atoms with Gasteiger partial charge in [-0.25, -0.2) is 0 Å². The predicted molar refractivity (Wildman–Crippen MR) is 63.6 cm³/mol. The van der Waals surface area contributed by atoms with Gasteiger partial charge in [-0.15, -0.1) is 0 Å². The van der Waals surface area contributed by atoms with E-state index in [0.29, 0.717) is 6.29 Å². The Bertz CT molecular complexity index is 339. The third kappa shape index (κ3) is 3.49. The molecule has 1 aliphatic rings. The van der Waals surface area contributed by atoms with Gasteiger partial charge < -0.3 is 19.1 Å². The van der Waals surface area contributed by atoms with Gasteiger partial charge in [0.1, 0.15) is 19.8 Å². The molecule has 1 saturated heterocycles. The van der Waals surface area contributed by atoms with E-state index in [9.17, 15) is 9.59 Å². The molecule has 1 fully saturated rings. The van der Waals surface area contributed by atoms with Crippen LogP contribution in [0.15, 0.2) is 24.3 Å². The summed E-state index contributed by atoms with van der Waals surface area (Å²) in [6.07, 6.45) is 6.55. The molecule has 1 unspecified atom stereocenters. The molecule has 0 N–H and O–H groups in total. The van der Waals surface area contributed by atoms with Crippen LogP contribution in [0, 0.1) is 0 Å². The number of hydrogen-bond donors (Lipinski definition) is 0. The summed E-state index contributed by atoms with van der Waals surface area (Å²) in [5, 5.41) is 0. The van der Waals surface area contributed by atoms with Crippen LogP contribution in [0.3, 0.4) is 0 Å². The maximum Gasteiger partial charge on any atom is 0.256 e. The highest BCUT2D eigenvalue weighted by molar-refractivity contribution is 5.89. The second-order valence-corrected chi connectivity index (χ2v) is 3.62. The topological polar surface area (TPSA) is 65.1 Å². The smallest absolute Gasteiger partial charge is 0.256 e. The molecule has 0 aromatic carbocycles. The van der Waals surface area contributed by atoms with E-state index in [4.69, 9.17) is 14.2 Å². The highest BCUT2D eigenvalue weighted by atomic mass is 16.7. The number of nitrogens with zero attached hydrogens (tertiary/aromatic N) is 1. The fourth-order valence-electron chi connectivity index (χ4n) is 1.63. The molecule has 18 heavy (non-hydrogen) atoms. The molecule has 0 aliphatic carbocycles. The molecule has 0 radical (unpaired) electrons. The molecule has 6 nitrogen and oxygen atoms in total. The monoisotopic (exact) mass is 255 g/mol. The number of amides is 1. The Hall–Kier alpha value is -1.50. The molecule has 1 aliphatic heterocycles. The second-order valence-electron chi connectivity index (χ2n) is 3.62. The first-order valence-electron chi connectivity index (χ1n) is 5.44. The lowest BCUT2D eigenvalue weighted by molar-refractivity contribution is -0.190. The Labute approximate surface area is 106 Å². The lowest BCUT2D eigenvalue weighted by Gasteiger charge is -2.44. The highest BCUT2D eigenvalue weighted by Gasteiger charge is 2.46. The van der Waals surface area contributed by atoms with E-state index in [1.165, 1.54) is 25.2 Å². The van der Waals surface area contributed by atoms with Crippen molar-refractivity contribution in [2.75, 3.05) is 27.7 Å². The fraction of sp³-hybridized carbons (Fsp3) is 0.500. The standard InChI is InChI=1S/C12H17NO5/c1-16-8-13-10(6-4-3-5-7-14)11(12(13)15)18-9-17-2/h3-7,10-11H,8-9H2,1-2H3/t10?,11-/m1/s1. The van der Waals surface area contributed by atoms with Gasteiger partial charge in [-0.2, -0.15) is 0 Å². The van der Waals surface area contributed by atoms with E-state index in [0.717, 1.165) is 0 Å². The number of allylic oxidation sites excluding steroid dienone is 3. The van der Waals surface area contributed by atoms with Gasteiger partial charge in [0.05, 0.1) is 6.04 Å². The van der Waals surface area contributed by atoms with Crippen LogP contribution in [0.5, 0.6) is 0 Å². The number of carbonyl (C=O) groups is 2. The molecule has 1 heterocycles. The largest absolute Gasteiger partial charge is 0.364 e. The Morgan fingerprint density at radius 1 is 1.22 bits per heavy atom. The third-order valence-electron chi connectivity index (χ3n) is 2.44. The summed E-state index contributed by atoms with van der Waals surface area (Å²) in [6, 6.07) is -0.205. The van der Waals surface area contributed by atoms with Crippen molar-refractivity contribution in [3.05, 3.63) is 24.3 Å². The lowest BCUT2D eigenvalue weighted by Crippen LogP contribution is -2.65. The number of ether oxygens (including phenoxy) is 3. The highest BCUT2D eigenvalue weighted by Crippen LogP contribution is 2.24. The van der Waals surface area contributed by atoms with E-state index in [2.05, 4.69) is 0 Å². The molecular formula is C12H17NO5. The summed E-state index contributed by atoms with van der Waals surface area (Å²) in [5.41, 5.74) is 0. The molecule has 2 atom stereocenters. The van der Waals surface area contributed by atoms with Crippen LogP contribution in [0.4, 0.5) is 0 Å². The lowest BCUT2D eigenvalue weighted by atomic mass is 9.98. The molecule has 6 heteroatoms. The van der Waals surface area contributed by atoms with Gasteiger partial charge in [0.25, 0.3) is 5.91 Å². The quantitative estimate of drug-likeness (QED) is 0.202. The summed E-state index contributed by atoms with van der Waals surface area (Å²) >= 11 is 0. The Morgan fingerprint density at radius 2 is 2.00 bits per heavy atom. The van der Waals surface area contributed by atoms with Crippen molar-refractivity contribution in [2.24, 2.45) is 0 Å². The summed E-state index contributed by atoms with van der Waals surface area (Å²) < 4.78 is 15.0. The van der Waals surface area contributed by atoms with Crippen LogP contribution >= 0.6 is 0 Å². The van der Waals surface area contributed by atoms with E-state index in [1.54, 1.807) is 18.2 Å². The molecule has 0 aromatic rings. The van der Waals surface area contributed by atoms with Crippen molar-refractivity contribution in [1.82, 2.24) is 4.90 Å². The van der Waals surface area contributed by atoms with Gasteiger partial charge in [-0.05, 0) is 6.08 Å². The van der Waals surface area contributed by atoms with Gasteiger partial charge >= 0.3 is 0 Å². The minimum Gasteiger partial charge on any atom is -0.364 e. The molecule has 1 rings (SSSR count). The van der Waals surface area contributed by atoms with Crippen LogP contribution in [-0.4, -0.2) is 57.0 Å². The number of aldehydes is 1. The van der Waals surface area contributed by atoms with Crippen molar-refractivity contribution in [1.29, 1.82) is 0 Å². The number of carbonyl (C=O) groups excluding carboxylic acids is 2. The summed E-state index contributed by atoms with van der Waals surface area (Å²) in [6.45, 7) is 0.268. The van der Waals surface area contributed by atoms with Crippen molar-refractivity contribution >= 4 is 12.2 Å². The van der Waals surface area contributed by atoms with E-state index >= 15 is 0 Å². The third-order valence-corrected chi connectivity index (χ3v) is 2.44. The second kappa shape index (κ2) is 7.75. The van der Waals surface area contributed by atoms with Gasteiger partial charge in [-0.1, -0.05) is 18.2 Å². The van der Waals surface area contributed by atoms with Crippen molar-refractivity contribution < 1.29 is 23.8 Å². The molecular weight excluding hydrogens is 238 g/mol. The normalized spacial score (nSPS) is 23.9. The van der Waals surface area contributed by atoms with Gasteiger partial charge in [-0.3, -0.25) is 9.59 Å². The molecule has 0 aromatic heterocycles. The first kappa shape index (κ1) is 14.6. The minimum atomic E-state index is -0.555. The summed E-state index contributed by atoms with van der Waals surface area (Å²) in [5.74, 6) is -0.136. The van der Waals surface area contributed by atoms with Gasteiger partial charge in [0.2, 0.25) is 0 Å². The Morgan fingerprint density at radius 3 is 2.61 bits per heavy atom. The number of likely N-dealkylation sites (tertiary alicyclic amines) is 1. The van der Waals surface area contributed by atoms with E-state index < -0.39 is 6.10 Å². The zero-order valence-corrected chi connectivity index (χ0v) is 10.4. The van der Waals surface area contributed by atoms with Crippen molar-refractivity contribution in [3.8, 4) is 0 Å². The SMILES string of the molecule is COCO[C@H]1C(=O)N(COC)C1C=CC=CC=O. The van der Waals surface area contributed by atoms with E-state index in [1.807, 2.05) is 0 Å². The van der Waals surface area contributed by atoms with Crippen LogP contribution in [0.2, 0.25) is 0 Å². The molecule has 0 saturated carbocycles. The van der Waals surface area contributed by atoms with Crippen LogP contribution in [-0.2, 0) is 23.8 Å². The minimum absolute atomic E-state index is 0.0613. The molecule has 0 bridgehead atoms. The van der Waals surface area contributed by atoms with Gasteiger partial charge in [0.15, 0.2) is 6.10 Å². The maximum absolute atomic E-state index is 11.7. The fourth-order valence-corrected chi connectivity index (χ4v) is 1.63. The first-order valence-corrected chi connectivity index (χ1v) is 5.44. The number of hydrogen-bond acceptors (Lipinski definition) is 5. The van der Waals surface area contributed by atoms with E-state index in [-0.39, 0.29) is 25.5 Å². The number of β-lactam (4-membered cyclic amide) rings is 1. The Kier molecular flexibility index (Phi) is 6.27. The summed E-state index contributed by atoms with van der Waals surface area (Å²) in [4.78, 5) is 23.4. The van der Waals surface area contributed by atoms with Gasteiger partial charge in [0, 0.05) is 14.2 Å². The molecule has 1 amide bonds. The maximum atomic E-state index is 11.7. The van der Waals surface area contributed by atoms with Crippen molar-refractivity contribution in [2.45, 2.75) is 12.1 Å². The predicted octanol–water partition coefficient (Wildman–Crippen LogP) is 0.102. The Balaban J connectivity index is 2.60. The average molecular weight is 255 g/mol. The number of methoxy groups -OCH3 is 2. The van der Waals surface area contributed by atoms with Crippen molar-refractivity contribution in [3.63, 3.8) is 0 Å². The zero-order valence-electron chi connectivity index (χ0n) is 10.4. The first-order chi connectivity index (χ1) is 8.76. The van der Waals surface area contributed by atoms with Crippen LogP contribution in [0.1, 0.15) is 0 Å². The summed E-state index contributed by atoms with van der Waals surface area (Å²) in [7, 11) is 3.01.